The number of hydrogen-bond donors (Lipinski definition) is 1. The minimum Gasteiger partial charge on any atom is -0.298 e. The average Bonchev–Trinajstić information content (AvgIpc) is 2.88. The number of aromatic amines is 1. The van der Waals surface area contributed by atoms with E-state index in [-0.39, 0.29) is 0 Å². The topological polar surface area (TPSA) is 63.6 Å². The van der Waals surface area contributed by atoms with E-state index in [9.17, 15) is 4.79 Å². The second-order valence-corrected chi connectivity index (χ2v) is 2.75. The second kappa shape index (κ2) is 5.09. The minimum absolute atomic E-state index is 0.503. The van der Waals surface area contributed by atoms with Crippen LogP contribution in [0, 0.1) is 6.92 Å². The van der Waals surface area contributed by atoms with Gasteiger partial charge in [-0.25, -0.2) is 4.68 Å². The number of carbonyl (C=O) groups is 1. The van der Waals surface area contributed by atoms with Crippen LogP contribution in [0.1, 0.15) is 29.8 Å². The highest BCUT2D eigenvalue weighted by Crippen LogP contribution is 2.07. The smallest absolute Gasteiger partial charge is 0.159 e. The summed E-state index contributed by atoms with van der Waals surface area (Å²) in [6.45, 7) is 5.93. The molecule has 1 N–H and O–H groups in total. The molecule has 0 radical (unpaired) electrons. The summed E-state index contributed by atoms with van der Waals surface area (Å²) in [7, 11) is 0. The van der Waals surface area contributed by atoms with E-state index in [1.165, 1.54) is 6.20 Å². The van der Waals surface area contributed by atoms with Crippen LogP contribution in [-0.4, -0.2) is 26.3 Å². The molecule has 2 heterocycles. The monoisotopic (exact) mass is 206 g/mol. The number of aldehydes is 1. The first-order chi connectivity index (χ1) is 7.31. The van der Waals surface area contributed by atoms with Crippen molar-refractivity contribution < 1.29 is 4.79 Å². The predicted molar refractivity (Wildman–Crippen MR) is 57.2 cm³/mol. The van der Waals surface area contributed by atoms with E-state index >= 15 is 0 Å². The van der Waals surface area contributed by atoms with Crippen molar-refractivity contribution in [3.63, 3.8) is 0 Å². The summed E-state index contributed by atoms with van der Waals surface area (Å²) in [6.07, 6.45) is 5.76. The van der Waals surface area contributed by atoms with Gasteiger partial charge < -0.3 is 0 Å². The van der Waals surface area contributed by atoms with E-state index < -0.39 is 0 Å². The molecule has 5 heteroatoms. The third-order valence-corrected chi connectivity index (χ3v) is 1.72. The van der Waals surface area contributed by atoms with Crippen LogP contribution < -0.4 is 0 Å². The quantitative estimate of drug-likeness (QED) is 0.761. The van der Waals surface area contributed by atoms with Crippen molar-refractivity contribution in [2.45, 2.75) is 20.8 Å². The SMILES string of the molecule is CC.Cc1cnn(-c2[nH]ncc2C=O)c1. The number of H-pyrrole nitrogens is 1. The number of nitrogens with zero attached hydrogens (tertiary/aromatic N) is 3. The van der Waals surface area contributed by atoms with Gasteiger partial charge in [0.15, 0.2) is 12.1 Å². The molecule has 2 aromatic heterocycles. The van der Waals surface area contributed by atoms with Crippen molar-refractivity contribution in [2.24, 2.45) is 0 Å². The molecule has 2 rings (SSSR count). The van der Waals surface area contributed by atoms with E-state index in [0.717, 1.165) is 11.8 Å². The van der Waals surface area contributed by atoms with Crippen LogP contribution in [0.4, 0.5) is 0 Å². The Morgan fingerprint density at radius 1 is 1.40 bits per heavy atom. The molecule has 15 heavy (non-hydrogen) atoms. The highest BCUT2D eigenvalue weighted by atomic mass is 16.1. The summed E-state index contributed by atoms with van der Waals surface area (Å²) in [5.74, 6) is 0.600. The molecule has 80 valence electrons. The fraction of sp³-hybridized carbons (Fsp3) is 0.300. The summed E-state index contributed by atoms with van der Waals surface area (Å²) in [6, 6.07) is 0. The molecule has 0 aliphatic rings. The lowest BCUT2D eigenvalue weighted by atomic mass is 10.3. The first kappa shape index (κ1) is 11.2. The molecule has 0 aromatic carbocycles. The summed E-state index contributed by atoms with van der Waals surface area (Å²) in [4.78, 5) is 10.6. The van der Waals surface area contributed by atoms with Gasteiger partial charge in [0.1, 0.15) is 0 Å². The Bertz CT molecular complexity index is 430. The molecular weight excluding hydrogens is 192 g/mol. The first-order valence-electron chi connectivity index (χ1n) is 4.81. The lowest BCUT2D eigenvalue weighted by molar-refractivity contribution is 0.112. The summed E-state index contributed by atoms with van der Waals surface area (Å²) < 4.78 is 1.59. The maximum atomic E-state index is 10.6. The van der Waals surface area contributed by atoms with Crippen LogP contribution in [0.2, 0.25) is 0 Å². The molecule has 2 aromatic rings. The molecule has 0 aliphatic carbocycles. The molecule has 5 nitrogen and oxygen atoms in total. The van der Waals surface area contributed by atoms with Gasteiger partial charge in [0.25, 0.3) is 0 Å². The van der Waals surface area contributed by atoms with Crippen molar-refractivity contribution >= 4 is 6.29 Å². The Morgan fingerprint density at radius 3 is 2.67 bits per heavy atom. The van der Waals surface area contributed by atoms with Crippen molar-refractivity contribution in [2.75, 3.05) is 0 Å². The first-order valence-corrected chi connectivity index (χ1v) is 4.81. The number of nitrogens with one attached hydrogen (secondary N) is 1. The van der Waals surface area contributed by atoms with Gasteiger partial charge in [0.2, 0.25) is 0 Å². The van der Waals surface area contributed by atoms with Gasteiger partial charge in [-0.1, -0.05) is 13.8 Å². The molecule has 0 amide bonds. The standard InChI is InChI=1S/C8H8N4O.C2H6/c1-6-2-10-12(4-6)8-7(5-13)3-9-11-8;1-2/h2-5H,1H3,(H,9,11);1-2H3. The lowest BCUT2D eigenvalue weighted by Crippen LogP contribution is -1.98. The zero-order chi connectivity index (χ0) is 11.3. The van der Waals surface area contributed by atoms with Crippen LogP contribution in [0.5, 0.6) is 0 Å². The molecule has 0 bridgehead atoms. The third kappa shape index (κ3) is 2.31. The van der Waals surface area contributed by atoms with Crippen molar-refractivity contribution in [3.05, 3.63) is 29.7 Å². The van der Waals surface area contributed by atoms with Crippen molar-refractivity contribution in [1.29, 1.82) is 0 Å². The van der Waals surface area contributed by atoms with Gasteiger partial charge in [-0.15, -0.1) is 0 Å². The molecule has 0 unspecified atom stereocenters. The Balaban J connectivity index is 0.000000531. The maximum Gasteiger partial charge on any atom is 0.159 e. The van der Waals surface area contributed by atoms with Crippen LogP contribution in [0.25, 0.3) is 5.82 Å². The largest absolute Gasteiger partial charge is 0.298 e. The predicted octanol–water partition coefficient (Wildman–Crippen LogP) is 1.74. The van der Waals surface area contributed by atoms with E-state index in [4.69, 9.17) is 0 Å². The van der Waals surface area contributed by atoms with Crippen LogP contribution in [0.15, 0.2) is 18.6 Å². The molecular formula is C10H14N4O. The number of carbonyl (C=O) groups excluding carboxylic acids is 1. The Hall–Kier alpha value is -1.91. The number of aryl methyl sites for hydroxylation is 1. The minimum atomic E-state index is 0.503. The number of hydrogen-bond acceptors (Lipinski definition) is 3. The molecule has 0 saturated carbocycles. The van der Waals surface area contributed by atoms with Crippen LogP contribution in [-0.2, 0) is 0 Å². The molecule has 0 fully saturated rings. The van der Waals surface area contributed by atoms with E-state index in [1.807, 2.05) is 27.0 Å². The number of aromatic nitrogens is 4. The molecule has 0 saturated heterocycles. The van der Waals surface area contributed by atoms with Gasteiger partial charge in [-0.3, -0.25) is 9.89 Å². The van der Waals surface area contributed by atoms with Crippen molar-refractivity contribution in [1.82, 2.24) is 20.0 Å². The number of rotatable bonds is 2. The molecule has 0 aliphatic heterocycles. The van der Waals surface area contributed by atoms with Crippen molar-refractivity contribution in [3.8, 4) is 5.82 Å². The van der Waals surface area contributed by atoms with Crippen LogP contribution >= 0.6 is 0 Å². The van der Waals surface area contributed by atoms with Crippen LogP contribution in [0.3, 0.4) is 0 Å². The zero-order valence-corrected chi connectivity index (χ0v) is 9.06. The summed E-state index contributed by atoms with van der Waals surface area (Å²) >= 11 is 0. The van der Waals surface area contributed by atoms with E-state index in [2.05, 4.69) is 15.3 Å². The Labute approximate surface area is 88.1 Å². The third-order valence-electron chi connectivity index (χ3n) is 1.72. The highest BCUT2D eigenvalue weighted by molar-refractivity contribution is 5.78. The zero-order valence-electron chi connectivity index (χ0n) is 9.06. The average molecular weight is 206 g/mol. The summed E-state index contributed by atoms with van der Waals surface area (Å²) in [5, 5.41) is 10.5. The van der Waals surface area contributed by atoms with Gasteiger partial charge in [0, 0.05) is 6.20 Å². The fourth-order valence-corrected chi connectivity index (χ4v) is 1.09. The van der Waals surface area contributed by atoms with Gasteiger partial charge in [-0.2, -0.15) is 10.2 Å². The van der Waals surface area contributed by atoms with E-state index in [0.29, 0.717) is 11.4 Å². The Morgan fingerprint density at radius 2 is 2.13 bits per heavy atom. The molecule has 0 spiro atoms. The van der Waals surface area contributed by atoms with Gasteiger partial charge >= 0.3 is 0 Å². The maximum absolute atomic E-state index is 10.6. The normalized spacial score (nSPS) is 9.27. The molecule has 0 atom stereocenters. The Kier molecular flexibility index (Phi) is 3.79. The second-order valence-electron chi connectivity index (χ2n) is 2.75. The fourth-order valence-electron chi connectivity index (χ4n) is 1.09. The lowest BCUT2D eigenvalue weighted by Gasteiger charge is -1.95. The highest BCUT2D eigenvalue weighted by Gasteiger charge is 2.06. The van der Waals surface area contributed by atoms with Gasteiger partial charge in [-0.05, 0) is 12.5 Å². The van der Waals surface area contributed by atoms with E-state index in [1.54, 1.807) is 10.9 Å². The van der Waals surface area contributed by atoms with Gasteiger partial charge in [0.05, 0.1) is 18.0 Å². The summed E-state index contributed by atoms with van der Waals surface area (Å²) in [5.41, 5.74) is 1.54.